The molecule has 0 unspecified atom stereocenters. The summed E-state index contributed by atoms with van der Waals surface area (Å²) in [6.45, 7) is 11.2. The van der Waals surface area contributed by atoms with Crippen molar-refractivity contribution in [1.29, 1.82) is 0 Å². The fourth-order valence-electron chi connectivity index (χ4n) is 3.11. The van der Waals surface area contributed by atoms with Gasteiger partial charge in [-0.2, -0.15) is 0 Å². The number of aryl methyl sites for hydroxylation is 1. The number of ether oxygens (including phenoxy) is 1. The standard InChI is InChI=1S/C23H31NO2Si/c1-23(2,3)27(5,6)26-21-15-14-18(16-22(21)25-4)24-20-13-9-11-17-10-7-8-12-19(17)20/h7-8,10,12,14-16H,9,11,13H2,1-6H3. The Morgan fingerprint density at radius 2 is 1.70 bits per heavy atom. The van der Waals surface area contributed by atoms with Crippen LogP contribution in [0.25, 0.3) is 0 Å². The molecule has 0 atom stereocenters. The van der Waals surface area contributed by atoms with E-state index < -0.39 is 8.32 Å². The minimum absolute atomic E-state index is 0.142. The molecule has 0 saturated carbocycles. The van der Waals surface area contributed by atoms with Gasteiger partial charge in [-0.05, 0) is 60.7 Å². The van der Waals surface area contributed by atoms with Gasteiger partial charge < -0.3 is 9.16 Å². The van der Waals surface area contributed by atoms with Crippen molar-refractivity contribution < 1.29 is 9.16 Å². The third-order valence-electron chi connectivity index (χ3n) is 5.77. The lowest BCUT2D eigenvalue weighted by Crippen LogP contribution is -2.43. The van der Waals surface area contributed by atoms with E-state index in [4.69, 9.17) is 14.2 Å². The Bertz CT molecular complexity index is 850. The Morgan fingerprint density at radius 3 is 2.41 bits per heavy atom. The van der Waals surface area contributed by atoms with Gasteiger partial charge in [0.1, 0.15) is 5.75 Å². The molecule has 27 heavy (non-hydrogen) atoms. The smallest absolute Gasteiger partial charge is 0.250 e. The molecule has 0 fully saturated rings. The van der Waals surface area contributed by atoms with Crippen molar-refractivity contribution in [2.24, 2.45) is 4.99 Å². The number of fused-ring (bicyclic) bond motifs is 1. The first-order chi connectivity index (χ1) is 12.7. The maximum atomic E-state index is 6.45. The Balaban J connectivity index is 1.92. The van der Waals surface area contributed by atoms with E-state index in [2.05, 4.69) is 58.1 Å². The third kappa shape index (κ3) is 4.27. The second-order valence-corrected chi connectivity index (χ2v) is 13.5. The minimum Gasteiger partial charge on any atom is -0.541 e. The molecule has 2 aromatic rings. The number of rotatable bonds is 4. The molecule has 0 N–H and O–H groups in total. The molecule has 144 valence electrons. The molecule has 1 aliphatic carbocycles. The van der Waals surface area contributed by atoms with Gasteiger partial charge in [-0.15, -0.1) is 0 Å². The molecule has 2 aromatic carbocycles. The van der Waals surface area contributed by atoms with Crippen LogP contribution in [0.4, 0.5) is 5.69 Å². The molecule has 0 aliphatic heterocycles. The van der Waals surface area contributed by atoms with Crippen LogP contribution in [-0.4, -0.2) is 21.1 Å². The fraction of sp³-hybridized carbons (Fsp3) is 0.435. The van der Waals surface area contributed by atoms with Crippen molar-refractivity contribution >= 4 is 19.7 Å². The molecule has 3 nitrogen and oxygen atoms in total. The van der Waals surface area contributed by atoms with Crippen molar-refractivity contribution in [1.82, 2.24) is 0 Å². The van der Waals surface area contributed by atoms with Gasteiger partial charge in [0, 0.05) is 11.8 Å². The summed E-state index contributed by atoms with van der Waals surface area (Å²) in [5, 5.41) is 0.142. The van der Waals surface area contributed by atoms with Crippen LogP contribution in [0.15, 0.2) is 47.5 Å². The molecule has 0 spiro atoms. The number of benzene rings is 2. The molecule has 0 heterocycles. The van der Waals surface area contributed by atoms with Crippen LogP contribution in [0, 0.1) is 0 Å². The molecule has 3 rings (SSSR count). The van der Waals surface area contributed by atoms with E-state index in [1.54, 1.807) is 7.11 Å². The first kappa shape index (κ1) is 19.7. The monoisotopic (exact) mass is 381 g/mol. The van der Waals surface area contributed by atoms with Crippen molar-refractivity contribution in [3.05, 3.63) is 53.6 Å². The van der Waals surface area contributed by atoms with Gasteiger partial charge in [0.25, 0.3) is 8.32 Å². The van der Waals surface area contributed by atoms with Crippen LogP contribution in [0.3, 0.4) is 0 Å². The van der Waals surface area contributed by atoms with E-state index in [1.807, 2.05) is 18.2 Å². The Hall–Kier alpha value is -2.07. The van der Waals surface area contributed by atoms with E-state index >= 15 is 0 Å². The van der Waals surface area contributed by atoms with Crippen molar-refractivity contribution in [3.8, 4) is 11.5 Å². The van der Waals surface area contributed by atoms with E-state index in [0.29, 0.717) is 0 Å². The van der Waals surface area contributed by atoms with Crippen molar-refractivity contribution in [3.63, 3.8) is 0 Å². The van der Waals surface area contributed by atoms with Gasteiger partial charge >= 0.3 is 0 Å². The highest BCUT2D eigenvalue weighted by Gasteiger charge is 2.39. The van der Waals surface area contributed by atoms with Crippen LogP contribution >= 0.6 is 0 Å². The van der Waals surface area contributed by atoms with Gasteiger partial charge in [-0.25, -0.2) is 0 Å². The summed E-state index contributed by atoms with van der Waals surface area (Å²) in [7, 11) is -0.221. The molecular formula is C23H31NO2Si. The number of nitrogens with zero attached hydrogens (tertiary/aromatic N) is 1. The molecule has 1 aliphatic rings. The maximum absolute atomic E-state index is 6.45. The summed E-state index contributed by atoms with van der Waals surface area (Å²) in [4.78, 5) is 4.95. The Kier molecular flexibility index (Phi) is 5.47. The number of hydrogen-bond donors (Lipinski definition) is 0. The SMILES string of the molecule is COc1cc(N=C2CCCc3ccccc32)ccc1O[Si](C)(C)C(C)(C)C. The van der Waals surface area contributed by atoms with Gasteiger partial charge in [-0.1, -0.05) is 45.0 Å². The normalized spacial score (nSPS) is 16.1. The van der Waals surface area contributed by atoms with Gasteiger partial charge in [-0.3, -0.25) is 4.99 Å². The highest BCUT2D eigenvalue weighted by molar-refractivity contribution is 6.74. The maximum Gasteiger partial charge on any atom is 0.250 e. The lowest BCUT2D eigenvalue weighted by Gasteiger charge is -2.36. The van der Waals surface area contributed by atoms with Crippen molar-refractivity contribution in [2.45, 2.75) is 58.2 Å². The molecule has 0 amide bonds. The third-order valence-corrected chi connectivity index (χ3v) is 10.1. The van der Waals surface area contributed by atoms with Gasteiger partial charge in [0.05, 0.1) is 12.8 Å². The predicted octanol–water partition coefficient (Wildman–Crippen LogP) is 6.54. The van der Waals surface area contributed by atoms with Gasteiger partial charge in [0.15, 0.2) is 5.75 Å². The summed E-state index contributed by atoms with van der Waals surface area (Å²) in [5.74, 6) is 1.57. The molecule has 0 aromatic heterocycles. The summed E-state index contributed by atoms with van der Waals surface area (Å²) >= 11 is 0. The van der Waals surface area contributed by atoms with E-state index in [0.717, 1.165) is 42.2 Å². The Labute approximate surface area is 164 Å². The zero-order valence-electron chi connectivity index (χ0n) is 17.4. The summed E-state index contributed by atoms with van der Waals surface area (Å²) in [5.41, 5.74) is 4.76. The topological polar surface area (TPSA) is 30.8 Å². The largest absolute Gasteiger partial charge is 0.541 e. The lowest BCUT2D eigenvalue weighted by atomic mass is 9.90. The van der Waals surface area contributed by atoms with E-state index in [9.17, 15) is 0 Å². The van der Waals surface area contributed by atoms with E-state index in [1.165, 1.54) is 11.1 Å². The summed E-state index contributed by atoms with van der Waals surface area (Å²) in [6.07, 6.45) is 3.30. The molecule has 4 heteroatoms. The second-order valence-electron chi connectivity index (χ2n) is 8.77. The predicted molar refractivity (Wildman–Crippen MR) is 116 cm³/mol. The van der Waals surface area contributed by atoms with E-state index in [-0.39, 0.29) is 5.04 Å². The fourth-order valence-corrected chi connectivity index (χ4v) is 4.14. The molecular weight excluding hydrogens is 350 g/mol. The van der Waals surface area contributed by atoms with Crippen LogP contribution in [-0.2, 0) is 6.42 Å². The number of hydrogen-bond acceptors (Lipinski definition) is 3. The average molecular weight is 382 g/mol. The number of aliphatic imine (C=N–C) groups is 1. The van der Waals surface area contributed by atoms with Crippen LogP contribution in [0.2, 0.25) is 18.1 Å². The van der Waals surface area contributed by atoms with Crippen LogP contribution in [0.1, 0.15) is 44.7 Å². The number of methoxy groups -OCH3 is 1. The highest BCUT2D eigenvalue weighted by Crippen LogP contribution is 2.41. The van der Waals surface area contributed by atoms with Crippen molar-refractivity contribution in [2.75, 3.05) is 7.11 Å². The zero-order chi connectivity index (χ0) is 19.7. The quantitative estimate of drug-likeness (QED) is 0.563. The van der Waals surface area contributed by atoms with Crippen LogP contribution < -0.4 is 9.16 Å². The highest BCUT2D eigenvalue weighted by atomic mass is 28.4. The summed E-state index contributed by atoms with van der Waals surface area (Å²) < 4.78 is 12.1. The first-order valence-corrected chi connectivity index (χ1v) is 12.6. The van der Waals surface area contributed by atoms with Gasteiger partial charge in [0.2, 0.25) is 0 Å². The lowest BCUT2D eigenvalue weighted by molar-refractivity contribution is 0.386. The average Bonchev–Trinajstić information content (AvgIpc) is 2.62. The first-order valence-electron chi connectivity index (χ1n) is 9.74. The Morgan fingerprint density at radius 1 is 0.963 bits per heavy atom. The second kappa shape index (κ2) is 7.51. The zero-order valence-corrected chi connectivity index (χ0v) is 18.4. The molecule has 0 radical (unpaired) electrons. The molecule has 0 saturated heterocycles. The minimum atomic E-state index is -1.92. The molecule has 0 bridgehead atoms. The van der Waals surface area contributed by atoms with Crippen LogP contribution in [0.5, 0.6) is 11.5 Å². The summed E-state index contributed by atoms with van der Waals surface area (Å²) in [6, 6.07) is 14.6.